The summed E-state index contributed by atoms with van der Waals surface area (Å²) in [6.07, 6.45) is 1.59. The molecule has 0 fully saturated rings. The highest BCUT2D eigenvalue weighted by Crippen LogP contribution is 2.15. The van der Waals surface area contributed by atoms with Gasteiger partial charge in [-0.15, -0.1) is 0 Å². The Kier molecular flexibility index (Phi) is 6.40. The Labute approximate surface area is 83.9 Å². The molecule has 0 spiro atoms. The van der Waals surface area contributed by atoms with Crippen LogP contribution in [-0.2, 0) is 4.74 Å². The summed E-state index contributed by atoms with van der Waals surface area (Å²) >= 11 is 0. The lowest BCUT2D eigenvalue weighted by Gasteiger charge is -2.19. The molecule has 0 saturated carbocycles. The molecule has 0 aliphatic rings. The summed E-state index contributed by atoms with van der Waals surface area (Å²) in [5.74, 6) is 2.19. The third-order valence-electron chi connectivity index (χ3n) is 3.03. The average Bonchev–Trinajstić information content (AvgIpc) is 2.03. The molecule has 0 amide bonds. The standard InChI is InChI=1S/C12H26O/c1-9(2)11(5)7-8-13-12(6)10(3)4/h9-12H,7-8H2,1-6H3/t11-,12-/m1/s1. The van der Waals surface area contributed by atoms with E-state index in [2.05, 4.69) is 41.5 Å². The van der Waals surface area contributed by atoms with Gasteiger partial charge in [0.1, 0.15) is 0 Å². The maximum Gasteiger partial charge on any atom is 0.0569 e. The Bertz CT molecular complexity index is 104. The topological polar surface area (TPSA) is 9.23 Å². The van der Waals surface area contributed by atoms with Crippen molar-refractivity contribution in [3.05, 3.63) is 0 Å². The predicted molar refractivity (Wildman–Crippen MR) is 58.9 cm³/mol. The predicted octanol–water partition coefficient (Wildman–Crippen LogP) is 3.73. The van der Waals surface area contributed by atoms with Crippen LogP contribution in [0.5, 0.6) is 0 Å². The molecule has 0 rings (SSSR count). The van der Waals surface area contributed by atoms with E-state index in [1.165, 1.54) is 6.42 Å². The quantitative estimate of drug-likeness (QED) is 0.614. The molecular weight excluding hydrogens is 160 g/mol. The Balaban J connectivity index is 3.45. The van der Waals surface area contributed by atoms with E-state index in [9.17, 15) is 0 Å². The minimum atomic E-state index is 0.402. The molecule has 0 heterocycles. The largest absolute Gasteiger partial charge is 0.378 e. The molecule has 1 nitrogen and oxygen atoms in total. The van der Waals surface area contributed by atoms with Crippen molar-refractivity contribution in [1.82, 2.24) is 0 Å². The maximum atomic E-state index is 5.72. The summed E-state index contributed by atoms with van der Waals surface area (Å²) < 4.78 is 5.72. The van der Waals surface area contributed by atoms with Crippen LogP contribution in [-0.4, -0.2) is 12.7 Å². The van der Waals surface area contributed by atoms with Crippen molar-refractivity contribution in [2.45, 2.75) is 54.1 Å². The smallest absolute Gasteiger partial charge is 0.0569 e. The van der Waals surface area contributed by atoms with Gasteiger partial charge in [-0.05, 0) is 31.1 Å². The van der Waals surface area contributed by atoms with Gasteiger partial charge in [0.2, 0.25) is 0 Å². The highest BCUT2D eigenvalue weighted by Gasteiger charge is 2.10. The van der Waals surface area contributed by atoms with Gasteiger partial charge in [0.15, 0.2) is 0 Å². The fourth-order valence-corrected chi connectivity index (χ4v) is 0.966. The molecule has 0 aliphatic carbocycles. The highest BCUT2D eigenvalue weighted by molar-refractivity contribution is 4.59. The highest BCUT2D eigenvalue weighted by atomic mass is 16.5. The van der Waals surface area contributed by atoms with Gasteiger partial charge in [-0.3, -0.25) is 0 Å². The number of ether oxygens (including phenoxy) is 1. The number of rotatable bonds is 6. The molecule has 0 unspecified atom stereocenters. The van der Waals surface area contributed by atoms with Gasteiger partial charge in [0.25, 0.3) is 0 Å². The van der Waals surface area contributed by atoms with E-state index in [0.29, 0.717) is 12.0 Å². The first-order valence-electron chi connectivity index (χ1n) is 5.56. The first kappa shape index (κ1) is 13.0. The first-order valence-corrected chi connectivity index (χ1v) is 5.56. The minimum absolute atomic E-state index is 0.402. The summed E-state index contributed by atoms with van der Waals surface area (Å²) in [4.78, 5) is 0. The SMILES string of the molecule is CC(C)[C@H](C)CCO[C@H](C)C(C)C. The molecule has 1 heteroatoms. The molecule has 2 atom stereocenters. The summed E-state index contributed by atoms with van der Waals surface area (Å²) in [5.41, 5.74) is 0. The zero-order valence-corrected chi connectivity index (χ0v) is 10.1. The summed E-state index contributed by atoms with van der Waals surface area (Å²) in [6, 6.07) is 0. The first-order chi connectivity index (χ1) is 5.95. The molecule has 0 aliphatic heterocycles. The van der Waals surface area contributed by atoms with Gasteiger partial charge in [0, 0.05) is 6.61 Å². The maximum absolute atomic E-state index is 5.72. The molecule has 13 heavy (non-hydrogen) atoms. The van der Waals surface area contributed by atoms with Crippen molar-refractivity contribution < 1.29 is 4.74 Å². The van der Waals surface area contributed by atoms with E-state index in [1.54, 1.807) is 0 Å². The van der Waals surface area contributed by atoms with Gasteiger partial charge in [-0.1, -0.05) is 34.6 Å². The Morgan fingerprint density at radius 2 is 1.38 bits per heavy atom. The van der Waals surface area contributed by atoms with Crippen LogP contribution >= 0.6 is 0 Å². The van der Waals surface area contributed by atoms with Crippen molar-refractivity contribution in [3.63, 3.8) is 0 Å². The third-order valence-corrected chi connectivity index (χ3v) is 3.03. The fraction of sp³-hybridized carbons (Fsp3) is 1.00. The zero-order chi connectivity index (χ0) is 10.4. The third kappa shape index (κ3) is 6.09. The molecule has 0 bridgehead atoms. The molecule has 0 N–H and O–H groups in total. The average molecular weight is 186 g/mol. The molecule has 0 radical (unpaired) electrons. The molecule has 0 aromatic rings. The van der Waals surface area contributed by atoms with Crippen molar-refractivity contribution in [3.8, 4) is 0 Å². The molecule has 0 aromatic carbocycles. The van der Waals surface area contributed by atoms with Crippen LogP contribution in [0.3, 0.4) is 0 Å². The normalized spacial score (nSPS) is 16.6. The monoisotopic (exact) mass is 186 g/mol. The van der Waals surface area contributed by atoms with Crippen LogP contribution in [0.2, 0.25) is 0 Å². The molecule has 80 valence electrons. The van der Waals surface area contributed by atoms with E-state index >= 15 is 0 Å². The van der Waals surface area contributed by atoms with Gasteiger partial charge in [-0.2, -0.15) is 0 Å². The van der Waals surface area contributed by atoms with Gasteiger partial charge >= 0.3 is 0 Å². The Morgan fingerprint density at radius 1 is 0.846 bits per heavy atom. The van der Waals surface area contributed by atoms with Gasteiger partial charge in [0.05, 0.1) is 6.10 Å². The van der Waals surface area contributed by atoms with Crippen LogP contribution < -0.4 is 0 Å². The van der Waals surface area contributed by atoms with Crippen molar-refractivity contribution in [2.24, 2.45) is 17.8 Å². The second kappa shape index (κ2) is 6.42. The van der Waals surface area contributed by atoms with Crippen LogP contribution in [0.1, 0.15) is 48.0 Å². The Hall–Kier alpha value is -0.0400. The number of hydrogen-bond donors (Lipinski definition) is 0. The zero-order valence-electron chi connectivity index (χ0n) is 10.1. The van der Waals surface area contributed by atoms with E-state index in [-0.39, 0.29) is 0 Å². The van der Waals surface area contributed by atoms with Crippen LogP contribution in [0, 0.1) is 17.8 Å². The van der Waals surface area contributed by atoms with Gasteiger partial charge in [-0.25, -0.2) is 0 Å². The molecule has 0 aromatic heterocycles. The lowest BCUT2D eigenvalue weighted by atomic mass is 9.95. The van der Waals surface area contributed by atoms with Crippen LogP contribution in [0.4, 0.5) is 0 Å². The molecular formula is C12H26O. The van der Waals surface area contributed by atoms with Crippen LogP contribution in [0.25, 0.3) is 0 Å². The number of hydrogen-bond acceptors (Lipinski definition) is 1. The second-order valence-corrected chi connectivity index (χ2v) is 4.83. The second-order valence-electron chi connectivity index (χ2n) is 4.83. The van der Waals surface area contributed by atoms with Crippen molar-refractivity contribution in [2.75, 3.05) is 6.61 Å². The van der Waals surface area contributed by atoms with E-state index < -0.39 is 0 Å². The minimum Gasteiger partial charge on any atom is -0.378 e. The van der Waals surface area contributed by atoms with E-state index in [4.69, 9.17) is 4.74 Å². The van der Waals surface area contributed by atoms with Gasteiger partial charge < -0.3 is 4.74 Å². The Morgan fingerprint density at radius 3 is 1.77 bits per heavy atom. The molecule has 0 saturated heterocycles. The van der Waals surface area contributed by atoms with Crippen molar-refractivity contribution >= 4 is 0 Å². The fourth-order valence-electron chi connectivity index (χ4n) is 0.966. The van der Waals surface area contributed by atoms with E-state index in [1.807, 2.05) is 0 Å². The summed E-state index contributed by atoms with van der Waals surface area (Å²) in [5, 5.41) is 0. The summed E-state index contributed by atoms with van der Waals surface area (Å²) in [6.45, 7) is 14.3. The lowest BCUT2D eigenvalue weighted by Crippen LogP contribution is -2.18. The van der Waals surface area contributed by atoms with Crippen LogP contribution in [0.15, 0.2) is 0 Å². The van der Waals surface area contributed by atoms with Crippen molar-refractivity contribution in [1.29, 1.82) is 0 Å². The summed E-state index contributed by atoms with van der Waals surface area (Å²) in [7, 11) is 0. The lowest BCUT2D eigenvalue weighted by molar-refractivity contribution is 0.0262. The van der Waals surface area contributed by atoms with E-state index in [0.717, 1.165) is 18.4 Å².